The van der Waals surface area contributed by atoms with Gasteiger partial charge in [0, 0.05) is 13.0 Å². The summed E-state index contributed by atoms with van der Waals surface area (Å²) in [4.78, 5) is 12.1. The van der Waals surface area contributed by atoms with Crippen LogP contribution >= 0.6 is 0 Å². The lowest BCUT2D eigenvalue weighted by molar-refractivity contribution is -0.121. The molecular weight excluding hydrogens is 272 g/mol. The van der Waals surface area contributed by atoms with Gasteiger partial charge in [-0.25, -0.2) is 0 Å². The van der Waals surface area contributed by atoms with Crippen LogP contribution in [0.4, 0.5) is 0 Å². The molecule has 2 rings (SSSR count). The Bertz CT molecular complexity index is 554. The molecule has 22 heavy (non-hydrogen) atoms. The number of carbonyl (C=O) groups is 1. The van der Waals surface area contributed by atoms with Crippen molar-refractivity contribution >= 4 is 5.91 Å². The predicted molar refractivity (Wildman–Crippen MR) is 90.6 cm³/mol. The number of nitrogens with two attached hydrogens (primary N) is 1. The summed E-state index contributed by atoms with van der Waals surface area (Å²) >= 11 is 0. The van der Waals surface area contributed by atoms with Crippen molar-refractivity contribution in [2.45, 2.75) is 25.2 Å². The van der Waals surface area contributed by atoms with Crippen LogP contribution in [-0.4, -0.2) is 19.0 Å². The van der Waals surface area contributed by atoms with E-state index in [4.69, 9.17) is 5.73 Å². The number of amides is 1. The second kappa shape index (κ2) is 9.00. The maximum atomic E-state index is 12.1. The largest absolute Gasteiger partial charge is 0.356 e. The Balaban J connectivity index is 2.04. The first-order valence-electron chi connectivity index (χ1n) is 7.85. The molecule has 0 saturated carbocycles. The molecule has 3 nitrogen and oxygen atoms in total. The van der Waals surface area contributed by atoms with Crippen molar-refractivity contribution in [1.29, 1.82) is 0 Å². The third kappa shape index (κ3) is 5.34. The van der Waals surface area contributed by atoms with Gasteiger partial charge in [0.05, 0.1) is 0 Å². The van der Waals surface area contributed by atoms with Crippen LogP contribution < -0.4 is 11.1 Å². The van der Waals surface area contributed by atoms with Gasteiger partial charge in [-0.15, -0.1) is 0 Å². The van der Waals surface area contributed by atoms with Crippen LogP contribution in [0.1, 0.15) is 29.9 Å². The Kier molecular flexibility index (Phi) is 6.65. The second-order valence-electron chi connectivity index (χ2n) is 5.49. The number of carbonyl (C=O) groups excluding carboxylic acids is 1. The van der Waals surface area contributed by atoms with Crippen LogP contribution in [-0.2, 0) is 11.2 Å². The van der Waals surface area contributed by atoms with Gasteiger partial charge in [0.1, 0.15) is 0 Å². The lowest BCUT2D eigenvalue weighted by atomic mass is 9.89. The third-order valence-corrected chi connectivity index (χ3v) is 3.73. The molecule has 0 bridgehead atoms. The van der Waals surface area contributed by atoms with Crippen molar-refractivity contribution in [1.82, 2.24) is 5.32 Å². The van der Waals surface area contributed by atoms with Gasteiger partial charge in [0.15, 0.2) is 0 Å². The lowest BCUT2D eigenvalue weighted by Gasteiger charge is -2.17. The van der Waals surface area contributed by atoms with E-state index in [9.17, 15) is 4.79 Å². The fourth-order valence-electron chi connectivity index (χ4n) is 2.56. The fourth-order valence-corrected chi connectivity index (χ4v) is 2.56. The lowest BCUT2D eigenvalue weighted by Crippen LogP contribution is -2.27. The quantitative estimate of drug-likeness (QED) is 0.736. The molecule has 0 spiro atoms. The zero-order valence-electron chi connectivity index (χ0n) is 12.9. The molecule has 2 aromatic carbocycles. The van der Waals surface area contributed by atoms with Gasteiger partial charge < -0.3 is 11.1 Å². The first-order valence-corrected chi connectivity index (χ1v) is 7.85. The van der Waals surface area contributed by atoms with Crippen molar-refractivity contribution in [2.75, 3.05) is 13.1 Å². The average Bonchev–Trinajstić information content (AvgIpc) is 2.56. The van der Waals surface area contributed by atoms with Crippen LogP contribution in [0.25, 0.3) is 0 Å². The molecule has 0 aliphatic heterocycles. The highest BCUT2D eigenvalue weighted by Crippen LogP contribution is 2.24. The monoisotopic (exact) mass is 296 g/mol. The molecule has 1 atom stereocenters. The Morgan fingerprint density at radius 2 is 1.64 bits per heavy atom. The van der Waals surface area contributed by atoms with E-state index in [2.05, 4.69) is 29.6 Å². The molecule has 2 aromatic rings. The van der Waals surface area contributed by atoms with Gasteiger partial charge in [-0.2, -0.15) is 0 Å². The maximum absolute atomic E-state index is 12.1. The summed E-state index contributed by atoms with van der Waals surface area (Å²) in [5, 5.41) is 2.95. The molecule has 0 radical (unpaired) electrons. The summed E-state index contributed by atoms with van der Waals surface area (Å²) in [6, 6.07) is 20.6. The van der Waals surface area contributed by atoms with Gasteiger partial charge in [0.2, 0.25) is 5.91 Å². The summed E-state index contributed by atoms with van der Waals surface area (Å²) in [5.41, 5.74) is 7.92. The minimum Gasteiger partial charge on any atom is -0.356 e. The van der Waals surface area contributed by atoms with Crippen molar-refractivity contribution in [2.24, 2.45) is 5.73 Å². The first-order chi connectivity index (χ1) is 10.8. The molecule has 0 saturated heterocycles. The second-order valence-corrected chi connectivity index (χ2v) is 5.49. The third-order valence-electron chi connectivity index (χ3n) is 3.73. The van der Waals surface area contributed by atoms with E-state index >= 15 is 0 Å². The zero-order chi connectivity index (χ0) is 15.6. The standard InChI is InChI=1S/C19H24N2O/c20-12-7-13-21-19(22)15-18(17-10-5-2-6-11-17)14-16-8-3-1-4-9-16/h1-6,8-11,18H,7,12-15,20H2,(H,21,22). The summed E-state index contributed by atoms with van der Waals surface area (Å²) in [5.74, 6) is 0.291. The molecule has 0 aliphatic carbocycles. The van der Waals surface area contributed by atoms with Crippen molar-refractivity contribution in [3.05, 3.63) is 71.8 Å². The number of nitrogens with one attached hydrogen (secondary N) is 1. The highest BCUT2D eigenvalue weighted by molar-refractivity contribution is 5.76. The molecule has 3 N–H and O–H groups in total. The molecular formula is C19H24N2O. The van der Waals surface area contributed by atoms with E-state index in [0.717, 1.165) is 12.8 Å². The predicted octanol–water partition coefficient (Wildman–Crippen LogP) is 2.87. The topological polar surface area (TPSA) is 55.1 Å². The minimum atomic E-state index is 0.0956. The van der Waals surface area contributed by atoms with Crippen molar-refractivity contribution in [3.63, 3.8) is 0 Å². The fraction of sp³-hybridized carbons (Fsp3) is 0.316. The van der Waals surface area contributed by atoms with Crippen molar-refractivity contribution < 1.29 is 4.79 Å². The Morgan fingerprint density at radius 1 is 1.00 bits per heavy atom. The van der Waals surface area contributed by atoms with Crippen molar-refractivity contribution in [3.8, 4) is 0 Å². The normalized spacial score (nSPS) is 11.9. The molecule has 116 valence electrons. The number of hydrogen-bond acceptors (Lipinski definition) is 2. The van der Waals surface area contributed by atoms with E-state index in [1.54, 1.807) is 0 Å². The average molecular weight is 296 g/mol. The summed E-state index contributed by atoms with van der Waals surface area (Å²) < 4.78 is 0. The Labute approximate surface area is 132 Å². The highest BCUT2D eigenvalue weighted by Gasteiger charge is 2.16. The van der Waals surface area contributed by atoms with Gasteiger partial charge >= 0.3 is 0 Å². The smallest absolute Gasteiger partial charge is 0.220 e. The maximum Gasteiger partial charge on any atom is 0.220 e. The van der Waals surface area contributed by atoms with E-state index in [0.29, 0.717) is 19.5 Å². The molecule has 3 heteroatoms. The minimum absolute atomic E-state index is 0.0956. The number of hydrogen-bond donors (Lipinski definition) is 2. The summed E-state index contributed by atoms with van der Waals surface area (Å²) in [6.07, 6.45) is 2.19. The molecule has 0 fully saturated rings. The zero-order valence-corrected chi connectivity index (χ0v) is 12.9. The molecule has 0 heterocycles. The van der Waals surface area contributed by atoms with Crippen LogP contribution in [0.5, 0.6) is 0 Å². The van der Waals surface area contributed by atoms with Gasteiger partial charge in [0.25, 0.3) is 0 Å². The molecule has 0 aromatic heterocycles. The van der Waals surface area contributed by atoms with Crippen LogP contribution in [0.2, 0.25) is 0 Å². The molecule has 1 amide bonds. The van der Waals surface area contributed by atoms with Crippen LogP contribution in [0.15, 0.2) is 60.7 Å². The summed E-state index contributed by atoms with van der Waals surface area (Å²) in [7, 11) is 0. The molecule has 1 unspecified atom stereocenters. The Hall–Kier alpha value is -2.13. The first kappa shape index (κ1) is 16.2. The highest BCUT2D eigenvalue weighted by atomic mass is 16.1. The number of benzene rings is 2. The van der Waals surface area contributed by atoms with Crippen LogP contribution in [0, 0.1) is 0 Å². The van der Waals surface area contributed by atoms with Gasteiger partial charge in [-0.05, 0) is 36.4 Å². The van der Waals surface area contributed by atoms with E-state index in [1.807, 2.05) is 36.4 Å². The van der Waals surface area contributed by atoms with Crippen LogP contribution in [0.3, 0.4) is 0 Å². The van der Waals surface area contributed by atoms with E-state index < -0.39 is 0 Å². The van der Waals surface area contributed by atoms with Gasteiger partial charge in [-0.1, -0.05) is 60.7 Å². The van der Waals surface area contributed by atoms with E-state index in [1.165, 1.54) is 11.1 Å². The van der Waals surface area contributed by atoms with Gasteiger partial charge in [-0.3, -0.25) is 4.79 Å². The Morgan fingerprint density at radius 3 is 2.27 bits per heavy atom. The summed E-state index contributed by atoms with van der Waals surface area (Å²) in [6.45, 7) is 1.26. The van der Waals surface area contributed by atoms with E-state index in [-0.39, 0.29) is 11.8 Å². The number of rotatable bonds is 8. The SMILES string of the molecule is NCCCNC(=O)CC(Cc1ccccc1)c1ccccc1. The molecule has 0 aliphatic rings.